The molecule has 0 heterocycles. The lowest BCUT2D eigenvalue weighted by Crippen LogP contribution is -2.16. The van der Waals surface area contributed by atoms with Gasteiger partial charge in [0.05, 0.1) is 26.4 Å². The van der Waals surface area contributed by atoms with Crippen LogP contribution in [0.2, 0.25) is 0 Å². The Kier molecular flexibility index (Phi) is 9.64. The summed E-state index contributed by atoms with van der Waals surface area (Å²) in [5, 5.41) is 2.94. The molecule has 3 nitrogen and oxygen atoms in total. The Morgan fingerprint density at radius 3 is 2.27 bits per heavy atom. The predicted molar refractivity (Wildman–Crippen MR) is 41.5 cm³/mol. The van der Waals surface area contributed by atoms with Crippen molar-refractivity contribution in [1.29, 1.82) is 0 Å². The minimum atomic E-state index is -0.420. The predicted octanol–water partition coefficient (Wildman–Crippen LogP) is 0.208. The highest BCUT2D eigenvalue weighted by Crippen LogP contribution is 1.78. The maximum absolute atomic E-state index is 11.4. The summed E-state index contributed by atoms with van der Waals surface area (Å²) in [5.41, 5.74) is 0. The summed E-state index contributed by atoms with van der Waals surface area (Å²) in [6, 6.07) is 0. The lowest BCUT2D eigenvalue weighted by atomic mass is 10.7. The smallest absolute Gasteiger partial charge is 0.113 e. The molecule has 0 saturated heterocycles. The molecule has 0 atom stereocenters. The number of hydrogen-bond donors (Lipinski definition) is 1. The molecule has 0 unspecified atom stereocenters. The molecule has 0 spiro atoms. The van der Waals surface area contributed by atoms with Crippen molar-refractivity contribution in [2.45, 2.75) is 0 Å². The number of halogens is 1. The fraction of sp³-hybridized carbons (Fsp3) is 1.00. The second-order valence-electron chi connectivity index (χ2n) is 2.02. The molecule has 0 aliphatic rings. The van der Waals surface area contributed by atoms with E-state index in [0.717, 1.165) is 6.54 Å². The molecule has 0 rings (SSSR count). The molecule has 11 heavy (non-hydrogen) atoms. The second kappa shape index (κ2) is 9.81. The van der Waals surface area contributed by atoms with Crippen molar-refractivity contribution in [3.63, 3.8) is 0 Å². The Morgan fingerprint density at radius 2 is 1.73 bits per heavy atom. The summed E-state index contributed by atoms with van der Waals surface area (Å²) in [6.07, 6.45) is 0. The van der Waals surface area contributed by atoms with Crippen LogP contribution in [0.15, 0.2) is 0 Å². The molecular weight excluding hydrogens is 149 g/mol. The van der Waals surface area contributed by atoms with Crippen LogP contribution in [0.5, 0.6) is 0 Å². The Labute approximate surface area is 66.9 Å². The van der Waals surface area contributed by atoms with E-state index in [2.05, 4.69) is 5.32 Å². The van der Waals surface area contributed by atoms with Gasteiger partial charge in [0, 0.05) is 6.54 Å². The second-order valence-corrected chi connectivity index (χ2v) is 2.02. The van der Waals surface area contributed by atoms with Crippen molar-refractivity contribution >= 4 is 0 Å². The molecule has 0 aliphatic heterocycles. The Hall–Kier alpha value is -0.190. The Bertz CT molecular complexity index is 65.5. The lowest BCUT2D eigenvalue weighted by Gasteiger charge is -2.03. The highest BCUT2D eigenvalue weighted by atomic mass is 19.1. The normalized spacial score (nSPS) is 10.4. The van der Waals surface area contributed by atoms with Gasteiger partial charge >= 0.3 is 0 Å². The third-order valence-electron chi connectivity index (χ3n) is 1.09. The summed E-state index contributed by atoms with van der Waals surface area (Å²) in [5.74, 6) is 0. The monoisotopic (exact) mass is 165 g/mol. The van der Waals surface area contributed by atoms with Crippen LogP contribution >= 0.6 is 0 Å². The molecule has 0 radical (unpaired) electrons. The highest BCUT2D eigenvalue weighted by molar-refractivity contribution is 4.36. The first-order valence-corrected chi connectivity index (χ1v) is 3.78. The van der Waals surface area contributed by atoms with Crippen LogP contribution in [-0.2, 0) is 9.47 Å². The van der Waals surface area contributed by atoms with Gasteiger partial charge in [0.15, 0.2) is 0 Å². The maximum atomic E-state index is 11.4. The molecule has 4 heteroatoms. The molecular formula is C7H16FNO2. The zero-order valence-corrected chi connectivity index (χ0v) is 6.94. The van der Waals surface area contributed by atoms with E-state index in [-0.39, 0.29) is 6.61 Å². The number of hydrogen-bond acceptors (Lipinski definition) is 3. The van der Waals surface area contributed by atoms with E-state index in [1.165, 1.54) is 0 Å². The first-order chi connectivity index (χ1) is 5.41. The summed E-state index contributed by atoms with van der Waals surface area (Å²) in [4.78, 5) is 0. The van der Waals surface area contributed by atoms with Gasteiger partial charge in [-0.3, -0.25) is 0 Å². The molecule has 0 aromatic heterocycles. The quantitative estimate of drug-likeness (QED) is 0.521. The molecule has 1 N–H and O–H groups in total. The molecule has 68 valence electrons. The van der Waals surface area contributed by atoms with Gasteiger partial charge in [-0.1, -0.05) is 0 Å². The van der Waals surface area contributed by atoms with Crippen LogP contribution in [0.4, 0.5) is 4.39 Å². The largest absolute Gasteiger partial charge is 0.378 e. The molecule has 0 aromatic rings. The average Bonchev–Trinajstić information content (AvgIpc) is 2.03. The van der Waals surface area contributed by atoms with Crippen LogP contribution < -0.4 is 5.32 Å². The third-order valence-corrected chi connectivity index (χ3v) is 1.09. The topological polar surface area (TPSA) is 30.5 Å². The van der Waals surface area contributed by atoms with Crippen LogP contribution in [0.25, 0.3) is 0 Å². The minimum Gasteiger partial charge on any atom is -0.378 e. The van der Waals surface area contributed by atoms with Gasteiger partial charge in [0.1, 0.15) is 6.67 Å². The van der Waals surface area contributed by atoms with E-state index in [9.17, 15) is 4.39 Å². The molecule has 0 fully saturated rings. The van der Waals surface area contributed by atoms with Gasteiger partial charge in [-0.2, -0.15) is 0 Å². The van der Waals surface area contributed by atoms with Crippen molar-refractivity contribution in [3.05, 3.63) is 0 Å². The number of ether oxygens (including phenoxy) is 2. The SMILES string of the molecule is CNCCOCCOCCF. The average molecular weight is 165 g/mol. The zero-order valence-electron chi connectivity index (χ0n) is 6.94. The molecule has 0 aromatic carbocycles. The molecule has 0 saturated carbocycles. The number of alkyl halides is 1. The van der Waals surface area contributed by atoms with Crippen LogP contribution in [0.1, 0.15) is 0 Å². The number of nitrogens with one attached hydrogen (secondary N) is 1. The standard InChI is InChI=1S/C7H16FNO2/c1-9-3-5-11-7-6-10-4-2-8/h9H,2-7H2,1H3. The third kappa shape index (κ3) is 9.81. The van der Waals surface area contributed by atoms with E-state index in [0.29, 0.717) is 19.8 Å². The Balaban J connectivity index is 2.69. The van der Waals surface area contributed by atoms with Gasteiger partial charge in [0.2, 0.25) is 0 Å². The first kappa shape index (κ1) is 10.8. The summed E-state index contributed by atoms with van der Waals surface area (Å²) in [6.45, 7) is 2.29. The Morgan fingerprint density at radius 1 is 1.09 bits per heavy atom. The van der Waals surface area contributed by atoms with Gasteiger partial charge in [-0.15, -0.1) is 0 Å². The number of rotatable bonds is 8. The van der Waals surface area contributed by atoms with E-state index in [4.69, 9.17) is 9.47 Å². The van der Waals surface area contributed by atoms with Crippen molar-refractivity contribution in [2.24, 2.45) is 0 Å². The van der Waals surface area contributed by atoms with E-state index >= 15 is 0 Å². The number of likely N-dealkylation sites (N-methyl/N-ethyl adjacent to an activating group) is 1. The fourth-order valence-electron chi connectivity index (χ4n) is 0.551. The van der Waals surface area contributed by atoms with Crippen LogP contribution in [0.3, 0.4) is 0 Å². The fourth-order valence-corrected chi connectivity index (χ4v) is 0.551. The molecule has 0 bridgehead atoms. The van der Waals surface area contributed by atoms with Gasteiger partial charge in [0.25, 0.3) is 0 Å². The van der Waals surface area contributed by atoms with Crippen molar-refractivity contribution in [2.75, 3.05) is 46.7 Å². The van der Waals surface area contributed by atoms with E-state index in [1.807, 2.05) is 7.05 Å². The highest BCUT2D eigenvalue weighted by Gasteiger charge is 1.87. The molecule has 0 aliphatic carbocycles. The minimum absolute atomic E-state index is 0.176. The van der Waals surface area contributed by atoms with Crippen LogP contribution in [-0.4, -0.2) is 46.7 Å². The zero-order chi connectivity index (χ0) is 8.36. The summed E-state index contributed by atoms with van der Waals surface area (Å²) < 4.78 is 21.4. The van der Waals surface area contributed by atoms with Crippen LogP contribution in [0, 0.1) is 0 Å². The molecule has 0 amide bonds. The van der Waals surface area contributed by atoms with Gasteiger partial charge < -0.3 is 14.8 Å². The maximum Gasteiger partial charge on any atom is 0.113 e. The summed E-state index contributed by atoms with van der Waals surface area (Å²) >= 11 is 0. The van der Waals surface area contributed by atoms with Crippen molar-refractivity contribution in [3.8, 4) is 0 Å². The van der Waals surface area contributed by atoms with Crippen molar-refractivity contribution < 1.29 is 13.9 Å². The van der Waals surface area contributed by atoms with E-state index in [1.54, 1.807) is 0 Å². The van der Waals surface area contributed by atoms with E-state index < -0.39 is 6.67 Å². The summed E-state index contributed by atoms with van der Waals surface area (Å²) in [7, 11) is 1.86. The lowest BCUT2D eigenvalue weighted by molar-refractivity contribution is 0.0442. The van der Waals surface area contributed by atoms with Gasteiger partial charge in [-0.05, 0) is 7.05 Å². The van der Waals surface area contributed by atoms with Gasteiger partial charge in [-0.25, -0.2) is 4.39 Å². The first-order valence-electron chi connectivity index (χ1n) is 3.78. The van der Waals surface area contributed by atoms with Crippen molar-refractivity contribution in [1.82, 2.24) is 5.32 Å².